The van der Waals surface area contributed by atoms with Crippen molar-refractivity contribution in [3.05, 3.63) is 35.9 Å². The molecule has 2 aliphatic heterocycles. The van der Waals surface area contributed by atoms with Crippen LogP contribution in [0.15, 0.2) is 30.3 Å². The second-order valence-corrected chi connectivity index (χ2v) is 6.08. The predicted octanol–water partition coefficient (Wildman–Crippen LogP) is 0.704. The fourth-order valence-electron chi connectivity index (χ4n) is 3.06. The molecule has 0 saturated carbocycles. The van der Waals surface area contributed by atoms with Gasteiger partial charge in [0.05, 0.1) is 13.2 Å². The van der Waals surface area contributed by atoms with Crippen LogP contribution >= 0.6 is 12.4 Å². The Morgan fingerprint density at radius 1 is 1.33 bits per heavy atom. The van der Waals surface area contributed by atoms with Crippen molar-refractivity contribution in [1.82, 2.24) is 15.5 Å². The van der Waals surface area contributed by atoms with Crippen LogP contribution in [0.2, 0.25) is 0 Å². The van der Waals surface area contributed by atoms with Gasteiger partial charge in [-0.15, -0.1) is 12.4 Å². The van der Waals surface area contributed by atoms with Gasteiger partial charge in [-0.3, -0.25) is 9.59 Å². The zero-order valence-electron chi connectivity index (χ0n) is 13.6. The summed E-state index contributed by atoms with van der Waals surface area (Å²) in [6.07, 6.45) is 1.02. The molecule has 6 nitrogen and oxygen atoms in total. The third-order valence-corrected chi connectivity index (χ3v) is 4.28. The topological polar surface area (TPSA) is 70.7 Å². The third kappa shape index (κ3) is 4.93. The Kier molecular flexibility index (Phi) is 7.02. The zero-order chi connectivity index (χ0) is 16.1. The Hall–Kier alpha value is -1.63. The number of amides is 2. The predicted molar refractivity (Wildman–Crippen MR) is 92.9 cm³/mol. The standard InChI is InChI=1S/C17H23N3O3.ClH/c21-16(10-14-12-23-9-7-18-14)19-15-6-8-20(17(15)22)11-13-4-2-1-3-5-13;/h1-5,14-15,18H,6-12H2,(H,19,21);1H. The number of halogens is 1. The fraction of sp³-hybridized carbons (Fsp3) is 0.529. The average molecular weight is 354 g/mol. The molecule has 3 rings (SSSR count). The molecule has 1 aromatic rings. The molecular weight excluding hydrogens is 330 g/mol. The number of ether oxygens (including phenoxy) is 1. The monoisotopic (exact) mass is 353 g/mol. The molecule has 24 heavy (non-hydrogen) atoms. The van der Waals surface area contributed by atoms with Crippen LogP contribution < -0.4 is 10.6 Å². The number of likely N-dealkylation sites (tertiary alicyclic amines) is 1. The molecule has 0 aliphatic carbocycles. The van der Waals surface area contributed by atoms with Crippen molar-refractivity contribution < 1.29 is 14.3 Å². The molecule has 2 amide bonds. The average Bonchev–Trinajstić information content (AvgIpc) is 2.90. The van der Waals surface area contributed by atoms with E-state index in [1.165, 1.54) is 0 Å². The van der Waals surface area contributed by atoms with Crippen LogP contribution in [0.3, 0.4) is 0 Å². The van der Waals surface area contributed by atoms with Crippen LogP contribution in [0.1, 0.15) is 18.4 Å². The van der Waals surface area contributed by atoms with Gasteiger partial charge in [0.2, 0.25) is 11.8 Å². The summed E-state index contributed by atoms with van der Waals surface area (Å²) in [6, 6.07) is 9.56. The van der Waals surface area contributed by atoms with E-state index in [-0.39, 0.29) is 30.3 Å². The van der Waals surface area contributed by atoms with E-state index in [2.05, 4.69) is 10.6 Å². The summed E-state index contributed by atoms with van der Waals surface area (Å²) < 4.78 is 5.34. The van der Waals surface area contributed by atoms with Crippen molar-refractivity contribution in [2.24, 2.45) is 0 Å². The Morgan fingerprint density at radius 2 is 2.12 bits per heavy atom. The van der Waals surface area contributed by atoms with Crippen LogP contribution in [-0.2, 0) is 20.9 Å². The van der Waals surface area contributed by atoms with Gasteiger partial charge in [-0.2, -0.15) is 0 Å². The molecular formula is C17H24ClN3O3. The summed E-state index contributed by atoms with van der Waals surface area (Å²) in [4.78, 5) is 26.3. The molecule has 132 valence electrons. The van der Waals surface area contributed by atoms with Crippen LogP contribution in [0.25, 0.3) is 0 Å². The molecule has 2 fully saturated rings. The number of hydrogen-bond acceptors (Lipinski definition) is 4. The molecule has 2 aliphatic rings. The van der Waals surface area contributed by atoms with Gasteiger partial charge >= 0.3 is 0 Å². The molecule has 7 heteroatoms. The van der Waals surface area contributed by atoms with Crippen LogP contribution in [0.5, 0.6) is 0 Å². The molecule has 2 atom stereocenters. The van der Waals surface area contributed by atoms with Crippen molar-refractivity contribution in [3.63, 3.8) is 0 Å². The van der Waals surface area contributed by atoms with Gasteiger partial charge in [-0.25, -0.2) is 0 Å². The minimum absolute atomic E-state index is 0. The Morgan fingerprint density at radius 3 is 2.83 bits per heavy atom. The van der Waals surface area contributed by atoms with E-state index in [1.54, 1.807) is 0 Å². The lowest BCUT2D eigenvalue weighted by atomic mass is 10.1. The molecule has 0 bridgehead atoms. The normalized spacial score (nSPS) is 23.7. The molecule has 0 aromatic heterocycles. The Labute approximate surface area is 148 Å². The van der Waals surface area contributed by atoms with E-state index >= 15 is 0 Å². The molecule has 2 N–H and O–H groups in total. The molecule has 2 heterocycles. The van der Waals surface area contributed by atoms with E-state index in [0.29, 0.717) is 39.1 Å². The highest BCUT2D eigenvalue weighted by molar-refractivity contribution is 5.89. The summed E-state index contributed by atoms with van der Waals surface area (Å²) in [6.45, 7) is 3.29. The molecule has 1 aromatic carbocycles. The van der Waals surface area contributed by atoms with Crippen molar-refractivity contribution in [3.8, 4) is 0 Å². The lowest BCUT2D eigenvalue weighted by Gasteiger charge is -2.24. The highest BCUT2D eigenvalue weighted by Crippen LogP contribution is 2.15. The van der Waals surface area contributed by atoms with Gasteiger partial charge in [-0.05, 0) is 12.0 Å². The number of rotatable bonds is 5. The first-order valence-corrected chi connectivity index (χ1v) is 8.15. The lowest BCUT2D eigenvalue weighted by Crippen LogP contribution is -2.47. The lowest BCUT2D eigenvalue weighted by molar-refractivity contribution is -0.133. The van der Waals surface area contributed by atoms with E-state index < -0.39 is 6.04 Å². The number of nitrogens with one attached hydrogen (secondary N) is 2. The van der Waals surface area contributed by atoms with Crippen LogP contribution in [-0.4, -0.2) is 55.1 Å². The Bertz CT molecular complexity index is 549. The maximum atomic E-state index is 12.4. The number of carbonyl (C=O) groups is 2. The van der Waals surface area contributed by atoms with Gasteiger partial charge in [-0.1, -0.05) is 30.3 Å². The van der Waals surface area contributed by atoms with Gasteiger partial charge < -0.3 is 20.3 Å². The second kappa shape index (κ2) is 9.01. The number of carbonyl (C=O) groups excluding carboxylic acids is 2. The maximum Gasteiger partial charge on any atom is 0.245 e. The highest BCUT2D eigenvalue weighted by atomic mass is 35.5. The number of nitrogens with zero attached hydrogens (tertiary/aromatic N) is 1. The van der Waals surface area contributed by atoms with Crippen LogP contribution in [0, 0.1) is 0 Å². The molecule has 2 unspecified atom stereocenters. The molecule has 0 spiro atoms. The third-order valence-electron chi connectivity index (χ3n) is 4.28. The van der Waals surface area contributed by atoms with Crippen molar-refractivity contribution in [2.75, 3.05) is 26.3 Å². The second-order valence-electron chi connectivity index (χ2n) is 6.08. The first-order chi connectivity index (χ1) is 11.2. The van der Waals surface area contributed by atoms with E-state index in [4.69, 9.17) is 4.74 Å². The quantitative estimate of drug-likeness (QED) is 0.817. The smallest absolute Gasteiger partial charge is 0.245 e. The highest BCUT2D eigenvalue weighted by Gasteiger charge is 2.33. The van der Waals surface area contributed by atoms with Gasteiger partial charge in [0.25, 0.3) is 0 Å². The number of benzene rings is 1. The summed E-state index contributed by atoms with van der Waals surface area (Å²) in [5, 5.41) is 6.11. The number of hydrogen-bond donors (Lipinski definition) is 2. The van der Waals surface area contributed by atoms with Gasteiger partial charge in [0.15, 0.2) is 0 Å². The largest absolute Gasteiger partial charge is 0.378 e. The van der Waals surface area contributed by atoms with Crippen molar-refractivity contribution in [2.45, 2.75) is 31.5 Å². The summed E-state index contributed by atoms with van der Waals surface area (Å²) in [5.41, 5.74) is 1.11. The maximum absolute atomic E-state index is 12.4. The Balaban J connectivity index is 0.00000208. The van der Waals surface area contributed by atoms with Crippen molar-refractivity contribution >= 4 is 24.2 Å². The number of morpholine rings is 1. The summed E-state index contributed by atoms with van der Waals surface area (Å²) in [5.74, 6) is -0.0806. The minimum atomic E-state index is -0.393. The van der Waals surface area contributed by atoms with E-state index in [1.807, 2.05) is 35.2 Å². The fourth-order valence-corrected chi connectivity index (χ4v) is 3.06. The molecule has 0 radical (unpaired) electrons. The SMILES string of the molecule is Cl.O=C(CC1COCCN1)NC1CCN(Cc2ccccc2)C1=O. The van der Waals surface area contributed by atoms with Crippen LogP contribution in [0.4, 0.5) is 0 Å². The van der Waals surface area contributed by atoms with Gasteiger partial charge in [0.1, 0.15) is 6.04 Å². The van der Waals surface area contributed by atoms with Crippen molar-refractivity contribution in [1.29, 1.82) is 0 Å². The molecule has 2 saturated heterocycles. The summed E-state index contributed by atoms with van der Waals surface area (Å²) in [7, 11) is 0. The van der Waals surface area contributed by atoms with E-state index in [9.17, 15) is 9.59 Å². The first-order valence-electron chi connectivity index (χ1n) is 8.15. The summed E-state index contributed by atoms with van der Waals surface area (Å²) >= 11 is 0. The first kappa shape index (κ1) is 18.7. The zero-order valence-corrected chi connectivity index (χ0v) is 14.4. The van der Waals surface area contributed by atoms with E-state index in [0.717, 1.165) is 12.1 Å². The van der Waals surface area contributed by atoms with Gasteiger partial charge in [0, 0.05) is 32.1 Å². The minimum Gasteiger partial charge on any atom is -0.378 e.